The Morgan fingerprint density at radius 2 is 2.29 bits per heavy atom. The fourth-order valence-electron chi connectivity index (χ4n) is 1.42. The molecule has 0 atom stereocenters. The van der Waals surface area contributed by atoms with Crippen molar-refractivity contribution >= 4 is 6.29 Å². The summed E-state index contributed by atoms with van der Waals surface area (Å²) in [6.45, 7) is 1.01. The molecule has 1 heterocycles. The van der Waals surface area contributed by atoms with Crippen molar-refractivity contribution in [3.63, 3.8) is 0 Å². The van der Waals surface area contributed by atoms with E-state index in [0.717, 1.165) is 6.07 Å². The van der Waals surface area contributed by atoms with E-state index in [2.05, 4.69) is 4.98 Å². The first-order valence-corrected chi connectivity index (χ1v) is 5.12. The van der Waals surface area contributed by atoms with Gasteiger partial charge in [0.25, 0.3) is 0 Å². The Hall–Kier alpha value is -2.17. The summed E-state index contributed by atoms with van der Waals surface area (Å²) in [5.41, 5.74) is 0.266. The van der Waals surface area contributed by atoms with Gasteiger partial charge < -0.3 is 9.30 Å². The zero-order valence-electron chi connectivity index (χ0n) is 9.04. The predicted octanol–water partition coefficient (Wildman–Crippen LogP) is 1.91. The maximum absolute atomic E-state index is 13.1. The molecule has 0 amide bonds. The molecule has 0 saturated heterocycles. The first kappa shape index (κ1) is 11.3. The lowest BCUT2D eigenvalue weighted by Crippen LogP contribution is -2.06. The number of rotatable bonds is 5. The Morgan fingerprint density at radius 1 is 1.41 bits per heavy atom. The van der Waals surface area contributed by atoms with Gasteiger partial charge in [0.2, 0.25) is 0 Å². The van der Waals surface area contributed by atoms with Crippen LogP contribution in [0.3, 0.4) is 0 Å². The van der Waals surface area contributed by atoms with E-state index in [1.807, 2.05) is 10.8 Å². The Balaban J connectivity index is 1.94. The monoisotopic (exact) mass is 234 g/mol. The average molecular weight is 234 g/mol. The molecule has 1 aromatic heterocycles. The summed E-state index contributed by atoms with van der Waals surface area (Å²) in [4.78, 5) is 14.4. The van der Waals surface area contributed by atoms with Gasteiger partial charge in [-0.2, -0.15) is 0 Å². The largest absolute Gasteiger partial charge is 0.492 e. The lowest BCUT2D eigenvalue weighted by atomic mass is 10.2. The smallest absolute Gasteiger partial charge is 0.150 e. The van der Waals surface area contributed by atoms with Crippen molar-refractivity contribution in [1.29, 1.82) is 0 Å². The first-order chi connectivity index (χ1) is 8.28. The quantitative estimate of drug-likeness (QED) is 0.742. The first-order valence-electron chi connectivity index (χ1n) is 5.12. The number of imidazole rings is 1. The molecule has 2 aromatic rings. The van der Waals surface area contributed by atoms with Gasteiger partial charge in [0, 0.05) is 24.0 Å². The zero-order chi connectivity index (χ0) is 12.1. The van der Waals surface area contributed by atoms with Crippen molar-refractivity contribution < 1.29 is 13.9 Å². The van der Waals surface area contributed by atoms with Gasteiger partial charge in [-0.25, -0.2) is 9.37 Å². The van der Waals surface area contributed by atoms with E-state index in [4.69, 9.17) is 4.74 Å². The van der Waals surface area contributed by atoms with E-state index in [9.17, 15) is 9.18 Å². The second-order valence-corrected chi connectivity index (χ2v) is 3.49. The molecular formula is C12H11FN2O2. The molecule has 0 fully saturated rings. The van der Waals surface area contributed by atoms with Crippen LogP contribution < -0.4 is 4.74 Å². The second kappa shape index (κ2) is 5.25. The van der Waals surface area contributed by atoms with E-state index in [-0.39, 0.29) is 5.56 Å². The molecule has 1 aromatic carbocycles. The average Bonchev–Trinajstić information content (AvgIpc) is 2.81. The van der Waals surface area contributed by atoms with Gasteiger partial charge in [-0.15, -0.1) is 0 Å². The molecule has 4 nitrogen and oxygen atoms in total. The molecule has 0 aliphatic carbocycles. The number of aromatic nitrogens is 2. The van der Waals surface area contributed by atoms with Gasteiger partial charge in [-0.1, -0.05) is 0 Å². The molecule has 0 unspecified atom stereocenters. The third-order valence-electron chi connectivity index (χ3n) is 2.21. The van der Waals surface area contributed by atoms with Gasteiger partial charge in [-0.05, 0) is 12.1 Å². The van der Waals surface area contributed by atoms with Gasteiger partial charge in [-0.3, -0.25) is 4.79 Å². The minimum absolute atomic E-state index is 0.266. The van der Waals surface area contributed by atoms with Crippen molar-refractivity contribution in [1.82, 2.24) is 9.55 Å². The molecule has 0 spiro atoms. The van der Waals surface area contributed by atoms with E-state index in [1.165, 1.54) is 12.1 Å². The summed E-state index contributed by atoms with van der Waals surface area (Å²) in [5.74, 6) is -0.126. The van der Waals surface area contributed by atoms with Crippen LogP contribution in [0.15, 0.2) is 36.9 Å². The predicted molar refractivity (Wildman–Crippen MR) is 59.5 cm³/mol. The fourth-order valence-corrected chi connectivity index (χ4v) is 1.42. The molecule has 0 radical (unpaired) electrons. The summed E-state index contributed by atoms with van der Waals surface area (Å²) in [6, 6.07) is 3.92. The minimum atomic E-state index is -0.479. The van der Waals surface area contributed by atoms with E-state index in [1.54, 1.807) is 12.5 Å². The van der Waals surface area contributed by atoms with Crippen LogP contribution in [0.2, 0.25) is 0 Å². The summed E-state index contributed by atoms with van der Waals surface area (Å²) >= 11 is 0. The topological polar surface area (TPSA) is 44.1 Å². The highest BCUT2D eigenvalue weighted by Gasteiger charge is 2.01. The van der Waals surface area contributed by atoms with Gasteiger partial charge in [0.1, 0.15) is 24.5 Å². The van der Waals surface area contributed by atoms with E-state index < -0.39 is 5.82 Å². The molecule has 0 aliphatic heterocycles. The molecular weight excluding hydrogens is 223 g/mol. The van der Waals surface area contributed by atoms with E-state index >= 15 is 0 Å². The van der Waals surface area contributed by atoms with Crippen molar-refractivity contribution in [2.75, 3.05) is 6.61 Å². The van der Waals surface area contributed by atoms with Gasteiger partial charge in [0.05, 0.1) is 12.9 Å². The van der Waals surface area contributed by atoms with Gasteiger partial charge >= 0.3 is 0 Å². The van der Waals surface area contributed by atoms with E-state index in [0.29, 0.717) is 25.2 Å². The number of nitrogens with zero attached hydrogens (tertiary/aromatic N) is 2. The Labute approximate surface area is 97.7 Å². The number of carbonyl (C=O) groups excluding carboxylic acids is 1. The molecule has 0 saturated carbocycles. The number of halogens is 1. The highest BCUT2D eigenvalue weighted by Crippen LogP contribution is 2.15. The number of aldehydes is 1. The highest BCUT2D eigenvalue weighted by atomic mass is 19.1. The van der Waals surface area contributed by atoms with Crippen molar-refractivity contribution in [2.24, 2.45) is 0 Å². The second-order valence-electron chi connectivity index (χ2n) is 3.49. The molecule has 5 heteroatoms. The van der Waals surface area contributed by atoms with Crippen LogP contribution in [0.5, 0.6) is 5.75 Å². The summed E-state index contributed by atoms with van der Waals surface area (Å²) in [5, 5.41) is 0. The zero-order valence-corrected chi connectivity index (χ0v) is 9.04. The van der Waals surface area contributed by atoms with Crippen LogP contribution in [0.1, 0.15) is 10.4 Å². The van der Waals surface area contributed by atoms with Crippen LogP contribution >= 0.6 is 0 Å². The molecule has 2 rings (SSSR count). The molecule has 0 aliphatic rings. The van der Waals surface area contributed by atoms with Crippen molar-refractivity contribution in [3.05, 3.63) is 48.3 Å². The standard InChI is InChI=1S/C12H11FN2O2/c13-11-5-10(8-16)6-12(7-11)17-4-3-15-2-1-14-9-15/h1-2,5-9H,3-4H2. The minimum Gasteiger partial charge on any atom is -0.492 e. The van der Waals surface area contributed by atoms with Crippen molar-refractivity contribution in [2.45, 2.75) is 6.54 Å². The maximum atomic E-state index is 13.1. The van der Waals surface area contributed by atoms with Gasteiger partial charge in [0.15, 0.2) is 0 Å². The third kappa shape index (κ3) is 3.14. The van der Waals surface area contributed by atoms with Crippen LogP contribution in [-0.2, 0) is 6.54 Å². The van der Waals surface area contributed by atoms with Crippen LogP contribution in [0, 0.1) is 5.82 Å². The summed E-state index contributed by atoms with van der Waals surface area (Å²) in [6.07, 6.45) is 5.75. The molecule has 88 valence electrons. The summed E-state index contributed by atoms with van der Waals surface area (Å²) in [7, 11) is 0. The molecule has 0 N–H and O–H groups in total. The Bertz CT molecular complexity index is 497. The maximum Gasteiger partial charge on any atom is 0.150 e. The van der Waals surface area contributed by atoms with Crippen LogP contribution in [-0.4, -0.2) is 22.4 Å². The number of hydrogen-bond donors (Lipinski definition) is 0. The number of hydrogen-bond acceptors (Lipinski definition) is 3. The fraction of sp³-hybridized carbons (Fsp3) is 0.167. The van der Waals surface area contributed by atoms with Crippen molar-refractivity contribution in [3.8, 4) is 5.75 Å². The Morgan fingerprint density at radius 3 is 3.00 bits per heavy atom. The Kier molecular flexibility index (Phi) is 3.49. The molecule has 17 heavy (non-hydrogen) atoms. The lowest BCUT2D eigenvalue weighted by Gasteiger charge is -2.07. The number of ether oxygens (including phenoxy) is 1. The lowest BCUT2D eigenvalue weighted by molar-refractivity contribution is 0.112. The third-order valence-corrected chi connectivity index (χ3v) is 2.21. The van der Waals surface area contributed by atoms with Crippen LogP contribution in [0.25, 0.3) is 0 Å². The molecule has 0 bridgehead atoms. The number of benzene rings is 1. The number of carbonyl (C=O) groups is 1. The van der Waals surface area contributed by atoms with Crippen LogP contribution in [0.4, 0.5) is 4.39 Å². The normalized spacial score (nSPS) is 10.2. The summed E-state index contributed by atoms with van der Waals surface area (Å²) < 4.78 is 20.3. The highest BCUT2D eigenvalue weighted by molar-refractivity contribution is 5.75. The SMILES string of the molecule is O=Cc1cc(F)cc(OCCn2ccnc2)c1.